The highest BCUT2D eigenvalue weighted by molar-refractivity contribution is 6.08. The van der Waals surface area contributed by atoms with Gasteiger partial charge in [-0.15, -0.1) is 0 Å². The minimum Gasteiger partial charge on any atom is -0.361 e. The lowest BCUT2D eigenvalue weighted by Crippen LogP contribution is -2.56. The number of fused-ring (bicyclic) bond motifs is 4. The fourth-order valence-corrected chi connectivity index (χ4v) is 4.88. The second-order valence-corrected chi connectivity index (χ2v) is 8.82. The normalized spacial score (nSPS) is 19.3. The van der Waals surface area contributed by atoms with E-state index in [1.54, 1.807) is 0 Å². The zero-order valence-electron chi connectivity index (χ0n) is 18.9. The first-order valence-corrected chi connectivity index (χ1v) is 11.6. The molecule has 7 heteroatoms. The Kier molecular flexibility index (Phi) is 4.95. The largest absolute Gasteiger partial charge is 0.361 e. The van der Waals surface area contributed by atoms with E-state index in [-0.39, 0.29) is 12.1 Å². The number of H-pyrrole nitrogens is 1. The van der Waals surface area contributed by atoms with Crippen LogP contribution in [-0.4, -0.2) is 35.6 Å². The van der Waals surface area contributed by atoms with Gasteiger partial charge in [-0.3, -0.25) is 4.99 Å². The maximum atomic E-state index is 13.3. The maximum absolute atomic E-state index is 13.3. The molecule has 1 aromatic heterocycles. The van der Waals surface area contributed by atoms with Gasteiger partial charge >= 0.3 is 6.03 Å². The maximum Gasteiger partial charge on any atom is 0.321 e. The zero-order chi connectivity index (χ0) is 23.1. The van der Waals surface area contributed by atoms with E-state index in [9.17, 15) is 4.79 Å². The van der Waals surface area contributed by atoms with Gasteiger partial charge in [0.25, 0.3) is 0 Å². The number of hydrogen-bond acceptors (Lipinski definition) is 4. The number of carbonyl (C=O) groups excluding carboxylic acids is 1. The fourth-order valence-electron chi connectivity index (χ4n) is 4.88. The molecular weight excluding hydrogens is 424 g/mol. The summed E-state index contributed by atoms with van der Waals surface area (Å²) < 4.78 is 0. The number of aromatic nitrogens is 1. The first-order chi connectivity index (χ1) is 16.7. The minimum atomic E-state index is -0.422. The third-order valence-corrected chi connectivity index (χ3v) is 6.42. The average molecular weight is 451 g/mol. The number of urea groups is 1. The number of hydrogen-bond donors (Lipinski definition) is 3. The van der Waals surface area contributed by atoms with Gasteiger partial charge in [-0.05, 0) is 54.3 Å². The Balaban J connectivity index is 1.36. The topological polar surface area (TPSA) is 75.8 Å². The quantitative estimate of drug-likeness (QED) is 0.414. The van der Waals surface area contributed by atoms with Crippen molar-refractivity contribution < 1.29 is 4.79 Å². The fraction of sp³-hybridized carbons (Fsp3) is 0.185. The highest BCUT2D eigenvalue weighted by atomic mass is 16.2. The smallest absolute Gasteiger partial charge is 0.321 e. The van der Waals surface area contributed by atoms with Crippen molar-refractivity contribution in [3.63, 3.8) is 0 Å². The van der Waals surface area contributed by atoms with Crippen LogP contribution in [0.25, 0.3) is 10.9 Å². The van der Waals surface area contributed by atoms with Crippen LogP contribution in [0, 0.1) is 0 Å². The van der Waals surface area contributed by atoms with Gasteiger partial charge < -0.3 is 25.4 Å². The molecule has 2 atom stereocenters. The molecule has 3 heterocycles. The van der Waals surface area contributed by atoms with Crippen LogP contribution >= 0.6 is 0 Å². The molecule has 3 N–H and O–H groups in total. The van der Waals surface area contributed by atoms with Gasteiger partial charge in [0.05, 0.1) is 6.04 Å². The predicted octanol–water partition coefficient (Wildman–Crippen LogP) is 4.94. The molecule has 0 spiro atoms. The van der Waals surface area contributed by atoms with Crippen LogP contribution in [0.2, 0.25) is 0 Å². The van der Waals surface area contributed by atoms with Gasteiger partial charge in [0, 0.05) is 41.9 Å². The molecule has 170 valence electrons. The minimum absolute atomic E-state index is 0.140. The van der Waals surface area contributed by atoms with E-state index in [0.717, 1.165) is 40.3 Å². The van der Waals surface area contributed by atoms with Crippen molar-refractivity contribution in [3.05, 3.63) is 90.6 Å². The Bertz CT molecular complexity index is 1380. The third-order valence-electron chi connectivity index (χ3n) is 6.42. The van der Waals surface area contributed by atoms with Gasteiger partial charge in [0.15, 0.2) is 6.17 Å². The Morgan fingerprint density at radius 1 is 1.03 bits per heavy atom. The second kappa shape index (κ2) is 8.26. The summed E-state index contributed by atoms with van der Waals surface area (Å²) in [4.78, 5) is 25.9. The van der Waals surface area contributed by atoms with Gasteiger partial charge in [-0.1, -0.05) is 42.5 Å². The van der Waals surface area contributed by atoms with Gasteiger partial charge in [-0.25, -0.2) is 4.79 Å². The summed E-state index contributed by atoms with van der Waals surface area (Å²) in [7, 11) is 0. The lowest BCUT2D eigenvalue weighted by atomic mass is 10.1. The van der Waals surface area contributed by atoms with Crippen LogP contribution in [0.15, 0.2) is 90.1 Å². The molecule has 0 unspecified atom stereocenters. The van der Waals surface area contributed by atoms with Crippen molar-refractivity contribution in [3.8, 4) is 0 Å². The zero-order valence-corrected chi connectivity index (χ0v) is 18.9. The van der Waals surface area contributed by atoms with Gasteiger partial charge in [0.1, 0.15) is 5.84 Å². The summed E-state index contributed by atoms with van der Waals surface area (Å²) in [6.07, 6.45) is 1.47. The number of para-hydroxylation sites is 2. The molecule has 0 saturated carbocycles. The number of carbonyl (C=O) groups is 1. The number of nitrogens with zero attached hydrogens (tertiary/aromatic N) is 3. The first-order valence-electron chi connectivity index (χ1n) is 11.6. The number of aliphatic imine (C=N–C) groups is 1. The number of amides is 2. The summed E-state index contributed by atoms with van der Waals surface area (Å²) in [5.41, 5.74) is 5.09. The molecule has 0 bridgehead atoms. The lowest BCUT2D eigenvalue weighted by Gasteiger charge is -2.33. The molecule has 0 saturated heterocycles. The number of rotatable bonds is 3. The molecule has 0 radical (unpaired) electrons. The predicted molar refractivity (Wildman–Crippen MR) is 138 cm³/mol. The van der Waals surface area contributed by atoms with Crippen LogP contribution < -0.4 is 20.4 Å². The molecule has 2 amide bonds. The van der Waals surface area contributed by atoms with Crippen molar-refractivity contribution in [1.82, 2.24) is 10.3 Å². The van der Waals surface area contributed by atoms with Crippen LogP contribution in [0.3, 0.4) is 0 Å². The number of anilines is 3. The monoisotopic (exact) mass is 450 g/mol. The number of amidine groups is 1. The highest BCUT2D eigenvalue weighted by Crippen LogP contribution is 2.33. The van der Waals surface area contributed by atoms with E-state index in [1.165, 1.54) is 5.56 Å². The van der Waals surface area contributed by atoms with Crippen LogP contribution in [-0.2, 0) is 6.54 Å². The summed E-state index contributed by atoms with van der Waals surface area (Å²) in [5, 5.41) is 7.33. The van der Waals surface area contributed by atoms with Crippen LogP contribution in [0.1, 0.15) is 12.5 Å². The molecule has 6 rings (SSSR count). The molecule has 0 aliphatic carbocycles. The Morgan fingerprint density at radius 3 is 2.74 bits per heavy atom. The van der Waals surface area contributed by atoms with E-state index in [0.29, 0.717) is 6.54 Å². The van der Waals surface area contributed by atoms with E-state index < -0.39 is 6.17 Å². The first kappa shape index (κ1) is 20.4. The third kappa shape index (κ3) is 3.65. The molecule has 4 aromatic rings. The Morgan fingerprint density at radius 2 is 1.85 bits per heavy atom. The van der Waals surface area contributed by atoms with Crippen molar-refractivity contribution in [2.75, 3.05) is 21.7 Å². The summed E-state index contributed by atoms with van der Waals surface area (Å²) in [5.74, 6) is 0.858. The summed E-state index contributed by atoms with van der Waals surface area (Å²) in [6.45, 7) is 3.56. The van der Waals surface area contributed by atoms with Gasteiger partial charge in [-0.2, -0.15) is 0 Å². The number of aromatic amines is 1. The molecular formula is C27H26N6O. The molecule has 2 aliphatic heterocycles. The standard InChI is InChI=1S/C27H26N6O/c1-18-16-33-24-10-6-5-7-20(24)17-32(22-8-3-2-4-9-22)26(25(33)29-18)31-27(34)30-21-12-11-19-13-14-28-23(19)15-21/h2-15,18,26,28H,16-17H2,1H3,(H2,30,31,34)/t18-,26+/m0/s1. The molecule has 34 heavy (non-hydrogen) atoms. The van der Waals surface area contributed by atoms with Crippen molar-refractivity contribution >= 4 is 39.8 Å². The van der Waals surface area contributed by atoms with Crippen molar-refractivity contribution in [1.29, 1.82) is 0 Å². The van der Waals surface area contributed by atoms with Crippen LogP contribution in [0.5, 0.6) is 0 Å². The second-order valence-electron chi connectivity index (χ2n) is 8.82. The van der Waals surface area contributed by atoms with E-state index >= 15 is 0 Å². The molecule has 2 aliphatic rings. The van der Waals surface area contributed by atoms with E-state index in [4.69, 9.17) is 4.99 Å². The average Bonchev–Trinajstić information content (AvgIpc) is 3.45. The van der Waals surface area contributed by atoms with Crippen molar-refractivity contribution in [2.24, 2.45) is 4.99 Å². The van der Waals surface area contributed by atoms with Crippen LogP contribution in [0.4, 0.5) is 21.9 Å². The van der Waals surface area contributed by atoms with Crippen molar-refractivity contribution in [2.45, 2.75) is 25.7 Å². The molecule has 3 aromatic carbocycles. The Labute approximate surface area is 198 Å². The summed E-state index contributed by atoms with van der Waals surface area (Å²) >= 11 is 0. The van der Waals surface area contributed by atoms with E-state index in [1.807, 2.05) is 48.7 Å². The summed E-state index contributed by atoms with van der Waals surface area (Å²) in [6, 6.07) is 26.3. The SMILES string of the molecule is C[C@H]1CN2C(=N1)[C@H](NC(=O)Nc1ccc3cc[nH]c3c1)N(c1ccccc1)Cc1ccccc12. The van der Waals surface area contributed by atoms with E-state index in [2.05, 4.69) is 68.7 Å². The van der Waals surface area contributed by atoms with Gasteiger partial charge in [0.2, 0.25) is 0 Å². The Hall–Kier alpha value is -4.26. The highest BCUT2D eigenvalue weighted by Gasteiger charge is 2.38. The lowest BCUT2D eigenvalue weighted by molar-refractivity contribution is 0.250. The number of nitrogens with one attached hydrogen (secondary N) is 3. The number of benzene rings is 3. The molecule has 0 fully saturated rings. The molecule has 7 nitrogen and oxygen atoms in total.